The molecule has 23 heavy (non-hydrogen) atoms. The highest BCUT2D eigenvalue weighted by Gasteiger charge is 2.25. The average Bonchev–Trinajstić information content (AvgIpc) is 3.10. The maximum absolute atomic E-state index is 12.5. The van der Waals surface area contributed by atoms with E-state index in [9.17, 15) is 9.59 Å². The predicted molar refractivity (Wildman–Crippen MR) is 86.7 cm³/mol. The number of hydrogen-bond donors (Lipinski definition) is 1. The topological polar surface area (TPSA) is 66.8 Å². The van der Waals surface area contributed by atoms with Gasteiger partial charge in [0.25, 0.3) is 0 Å². The van der Waals surface area contributed by atoms with Crippen molar-refractivity contribution in [2.24, 2.45) is 0 Å². The van der Waals surface area contributed by atoms with Gasteiger partial charge in [-0.3, -0.25) is 4.79 Å². The first-order valence-electron chi connectivity index (χ1n) is 7.38. The number of carbonyl (C=O) groups excluding carboxylic acids is 1. The molecule has 0 spiro atoms. The van der Waals surface area contributed by atoms with Crippen molar-refractivity contribution < 1.29 is 19.4 Å². The van der Waals surface area contributed by atoms with Crippen LogP contribution < -0.4 is 0 Å². The van der Waals surface area contributed by atoms with Gasteiger partial charge in [-0.2, -0.15) is 0 Å². The maximum atomic E-state index is 12.5. The van der Waals surface area contributed by atoms with E-state index in [0.717, 1.165) is 10.4 Å². The minimum absolute atomic E-state index is 0.0398. The van der Waals surface area contributed by atoms with Crippen LogP contribution in [0.4, 0.5) is 0 Å². The van der Waals surface area contributed by atoms with Gasteiger partial charge in [0.2, 0.25) is 5.91 Å². The molecular formula is C17H17NO4S. The maximum Gasteiger partial charge on any atom is 0.335 e. The number of benzene rings is 1. The molecule has 1 aliphatic rings. The summed E-state index contributed by atoms with van der Waals surface area (Å²) in [5, 5.41) is 10.9. The Labute approximate surface area is 138 Å². The molecule has 0 saturated carbocycles. The second-order valence-electron chi connectivity index (χ2n) is 5.39. The molecule has 0 aliphatic carbocycles. The summed E-state index contributed by atoms with van der Waals surface area (Å²) < 4.78 is 5.75. The number of rotatable bonds is 4. The van der Waals surface area contributed by atoms with E-state index in [1.165, 1.54) is 12.1 Å². The molecule has 1 aliphatic heterocycles. The molecule has 120 valence electrons. The van der Waals surface area contributed by atoms with Gasteiger partial charge in [0.15, 0.2) is 0 Å². The van der Waals surface area contributed by atoms with Crippen molar-refractivity contribution >= 4 is 23.2 Å². The quantitative estimate of drug-likeness (QED) is 0.935. The predicted octanol–water partition coefficient (Wildman–Crippen LogP) is 2.59. The molecule has 0 bridgehead atoms. The Kier molecular flexibility index (Phi) is 4.73. The summed E-state index contributed by atoms with van der Waals surface area (Å²) in [7, 11) is 0. The fraction of sp³-hybridized carbons (Fsp3) is 0.294. The van der Waals surface area contributed by atoms with Gasteiger partial charge in [-0.05, 0) is 29.1 Å². The average molecular weight is 331 g/mol. The molecule has 1 fully saturated rings. The normalized spacial score (nSPS) is 17.9. The van der Waals surface area contributed by atoms with Crippen molar-refractivity contribution in [1.29, 1.82) is 0 Å². The summed E-state index contributed by atoms with van der Waals surface area (Å²) >= 11 is 1.63. The number of carbonyl (C=O) groups is 2. The second kappa shape index (κ2) is 6.93. The Hall–Kier alpha value is -2.18. The Morgan fingerprint density at radius 1 is 1.26 bits per heavy atom. The van der Waals surface area contributed by atoms with Crippen LogP contribution in [-0.2, 0) is 16.0 Å². The lowest BCUT2D eigenvalue weighted by Crippen LogP contribution is -2.42. The fourth-order valence-corrected chi connectivity index (χ4v) is 3.34. The van der Waals surface area contributed by atoms with E-state index in [2.05, 4.69) is 0 Å². The van der Waals surface area contributed by atoms with Gasteiger partial charge >= 0.3 is 5.97 Å². The number of amides is 1. The molecule has 1 N–H and O–H groups in total. The van der Waals surface area contributed by atoms with Gasteiger partial charge in [0.1, 0.15) is 6.10 Å². The number of carboxylic acids is 1. The minimum atomic E-state index is -0.963. The zero-order valence-corrected chi connectivity index (χ0v) is 13.3. The first-order chi connectivity index (χ1) is 11.1. The summed E-state index contributed by atoms with van der Waals surface area (Å²) in [5.41, 5.74) is 1.05. The summed E-state index contributed by atoms with van der Waals surface area (Å²) in [6.07, 6.45) is 0.221. The van der Waals surface area contributed by atoms with Gasteiger partial charge in [0.05, 0.1) is 25.1 Å². The van der Waals surface area contributed by atoms with Crippen molar-refractivity contribution in [2.45, 2.75) is 12.5 Å². The van der Waals surface area contributed by atoms with Gasteiger partial charge < -0.3 is 14.7 Å². The third-order valence-corrected chi connectivity index (χ3v) is 4.80. The van der Waals surface area contributed by atoms with Crippen molar-refractivity contribution in [3.05, 3.63) is 57.8 Å². The van der Waals surface area contributed by atoms with Gasteiger partial charge in [-0.15, -0.1) is 11.3 Å². The highest BCUT2D eigenvalue weighted by Crippen LogP contribution is 2.26. The van der Waals surface area contributed by atoms with Crippen LogP contribution in [0.3, 0.4) is 0 Å². The zero-order chi connectivity index (χ0) is 16.2. The lowest BCUT2D eigenvalue weighted by atomic mass is 10.1. The van der Waals surface area contributed by atoms with E-state index in [-0.39, 0.29) is 24.0 Å². The van der Waals surface area contributed by atoms with Crippen molar-refractivity contribution in [3.63, 3.8) is 0 Å². The Bertz CT molecular complexity index is 681. The largest absolute Gasteiger partial charge is 0.478 e. The molecule has 3 rings (SSSR count). The molecule has 1 saturated heterocycles. The number of carboxylic acid groups (broad SMARTS) is 1. The number of aromatic carboxylic acids is 1. The van der Waals surface area contributed by atoms with Crippen LogP contribution in [0.25, 0.3) is 0 Å². The Balaban J connectivity index is 1.62. The van der Waals surface area contributed by atoms with E-state index < -0.39 is 5.97 Å². The summed E-state index contributed by atoms with van der Waals surface area (Å²) in [4.78, 5) is 26.3. The van der Waals surface area contributed by atoms with Crippen LogP contribution in [0.1, 0.15) is 26.9 Å². The molecule has 1 aromatic carbocycles. The molecule has 1 amide bonds. The van der Waals surface area contributed by atoms with Crippen LogP contribution in [0.15, 0.2) is 41.8 Å². The molecule has 1 aromatic heterocycles. The van der Waals surface area contributed by atoms with Gasteiger partial charge in [-0.25, -0.2) is 4.79 Å². The van der Waals surface area contributed by atoms with Crippen LogP contribution in [0.2, 0.25) is 0 Å². The SMILES string of the molecule is O=C(O)c1ccc(CC(=O)N2CCOC(c3cccs3)C2)cc1. The molecule has 5 nitrogen and oxygen atoms in total. The Morgan fingerprint density at radius 3 is 2.70 bits per heavy atom. The first-order valence-corrected chi connectivity index (χ1v) is 8.26. The van der Waals surface area contributed by atoms with Gasteiger partial charge in [-0.1, -0.05) is 18.2 Å². The molecule has 2 heterocycles. The minimum Gasteiger partial charge on any atom is -0.478 e. The van der Waals surface area contributed by atoms with Crippen molar-refractivity contribution in [3.8, 4) is 0 Å². The van der Waals surface area contributed by atoms with Crippen molar-refractivity contribution in [1.82, 2.24) is 4.90 Å². The summed E-state index contributed by atoms with van der Waals surface area (Å²) in [6, 6.07) is 10.4. The first kappa shape index (κ1) is 15.7. The van der Waals surface area contributed by atoms with E-state index in [1.807, 2.05) is 22.4 Å². The lowest BCUT2D eigenvalue weighted by molar-refractivity contribution is -0.138. The molecule has 2 aromatic rings. The van der Waals surface area contributed by atoms with E-state index in [1.54, 1.807) is 23.5 Å². The third kappa shape index (κ3) is 3.78. The number of hydrogen-bond acceptors (Lipinski definition) is 4. The smallest absolute Gasteiger partial charge is 0.335 e. The molecule has 1 unspecified atom stereocenters. The molecule has 6 heteroatoms. The summed E-state index contributed by atoms with van der Waals surface area (Å²) in [5.74, 6) is -0.923. The number of nitrogens with zero attached hydrogens (tertiary/aromatic N) is 1. The molecular weight excluding hydrogens is 314 g/mol. The standard InChI is InChI=1S/C17H17NO4S/c19-16(10-12-3-5-13(6-4-12)17(20)21)18-7-8-22-14(11-18)15-2-1-9-23-15/h1-6,9,14H,7-8,10-11H2,(H,20,21). The zero-order valence-electron chi connectivity index (χ0n) is 12.5. The summed E-state index contributed by atoms with van der Waals surface area (Å²) in [6.45, 7) is 1.69. The highest BCUT2D eigenvalue weighted by atomic mass is 32.1. The number of thiophene rings is 1. The lowest BCUT2D eigenvalue weighted by Gasteiger charge is -2.32. The fourth-order valence-electron chi connectivity index (χ4n) is 2.57. The molecule has 1 atom stereocenters. The van der Waals surface area contributed by atoms with E-state index in [0.29, 0.717) is 19.7 Å². The van der Waals surface area contributed by atoms with Crippen LogP contribution >= 0.6 is 11.3 Å². The van der Waals surface area contributed by atoms with Crippen LogP contribution in [0, 0.1) is 0 Å². The third-order valence-electron chi connectivity index (χ3n) is 3.84. The van der Waals surface area contributed by atoms with Crippen LogP contribution in [0.5, 0.6) is 0 Å². The monoisotopic (exact) mass is 331 g/mol. The van der Waals surface area contributed by atoms with E-state index >= 15 is 0 Å². The number of morpholine rings is 1. The second-order valence-corrected chi connectivity index (χ2v) is 6.37. The number of ether oxygens (including phenoxy) is 1. The van der Waals surface area contributed by atoms with Crippen molar-refractivity contribution in [2.75, 3.05) is 19.7 Å². The highest BCUT2D eigenvalue weighted by molar-refractivity contribution is 7.10. The molecule has 0 radical (unpaired) electrons. The Morgan fingerprint density at radius 2 is 2.04 bits per heavy atom. The van der Waals surface area contributed by atoms with Crippen LogP contribution in [-0.4, -0.2) is 41.6 Å². The van der Waals surface area contributed by atoms with Gasteiger partial charge in [0, 0.05) is 11.4 Å². The van der Waals surface area contributed by atoms with E-state index in [4.69, 9.17) is 9.84 Å².